The van der Waals surface area contributed by atoms with E-state index in [2.05, 4.69) is 10.4 Å². The number of hydrazone groups is 1. The van der Waals surface area contributed by atoms with Crippen LogP contribution in [0.1, 0.15) is 31.7 Å². The topological polar surface area (TPSA) is 71.0 Å². The highest BCUT2D eigenvalue weighted by atomic mass is 35.5. The summed E-state index contributed by atoms with van der Waals surface area (Å²) in [4.78, 5) is 24.3. The number of hydrogen-bond acceptors (Lipinski definition) is 4. The number of hydrogen-bond donors (Lipinski definition) is 1. The zero-order valence-electron chi connectivity index (χ0n) is 14.0. The average Bonchev–Trinajstić information content (AvgIpc) is 2.57. The lowest BCUT2D eigenvalue weighted by Gasteiger charge is -2.23. The molecule has 0 saturated carbocycles. The van der Waals surface area contributed by atoms with Crippen molar-refractivity contribution in [1.82, 2.24) is 5.32 Å². The summed E-state index contributed by atoms with van der Waals surface area (Å²) in [6.45, 7) is 5.60. The van der Waals surface area contributed by atoms with E-state index in [4.69, 9.17) is 16.3 Å². The number of nitrogens with zero attached hydrogens (tertiary/aromatic N) is 2. The molecule has 0 bridgehead atoms. The maximum Gasteiger partial charge on any atom is 0.267 e. The maximum absolute atomic E-state index is 12.2. The molecule has 1 heterocycles. The Labute approximate surface area is 146 Å². The first-order valence-corrected chi connectivity index (χ1v) is 8.43. The summed E-state index contributed by atoms with van der Waals surface area (Å²) >= 11 is 6.11. The molecule has 2 rings (SSSR count). The predicted octanol–water partition coefficient (Wildman–Crippen LogP) is 2.67. The number of amides is 2. The number of nitrogens with one attached hydrogen (secondary N) is 1. The smallest absolute Gasteiger partial charge is 0.267 e. The minimum absolute atomic E-state index is 0.150. The number of ether oxygens (including phenoxy) is 1. The van der Waals surface area contributed by atoms with Gasteiger partial charge in [0.2, 0.25) is 5.91 Å². The van der Waals surface area contributed by atoms with Crippen LogP contribution in [0.4, 0.5) is 5.69 Å². The van der Waals surface area contributed by atoms with Crippen LogP contribution in [0.5, 0.6) is 0 Å². The van der Waals surface area contributed by atoms with Gasteiger partial charge in [0.05, 0.1) is 5.69 Å². The van der Waals surface area contributed by atoms with Crippen LogP contribution in [0.15, 0.2) is 23.3 Å². The van der Waals surface area contributed by atoms with Gasteiger partial charge in [-0.1, -0.05) is 17.7 Å². The van der Waals surface area contributed by atoms with Crippen molar-refractivity contribution in [2.75, 3.05) is 24.8 Å². The second kappa shape index (κ2) is 8.80. The van der Waals surface area contributed by atoms with Crippen molar-refractivity contribution < 1.29 is 14.3 Å². The molecule has 6 nitrogen and oxygen atoms in total. The fourth-order valence-corrected chi connectivity index (χ4v) is 2.43. The molecule has 0 fully saturated rings. The molecular formula is C17H22ClN3O3. The lowest BCUT2D eigenvalue weighted by Crippen LogP contribution is -2.39. The van der Waals surface area contributed by atoms with Gasteiger partial charge in [-0.2, -0.15) is 5.10 Å². The van der Waals surface area contributed by atoms with Gasteiger partial charge < -0.3 is 10.1 Å². The molecule has 1 aromatic carbocycles. The Hall–Kier alpha value is -1.92. The van der Waals surface area contributed by atoms with Crippen LogP contribution in [-0.2, 0) is 14.3 Å². The SMILES string of the molecule is CCOCCCNC(=O)C1=NN(c2ccc(C)c(Cl)c2)C(=O)CC1. The average molecular weight is 352 g/mol. The Kier molecular flexibility index (Phi) is 6.75. The minimum Gasteiger partial charge on any atom is -0.382 e. The molecule has 7 heteroatoms. The quantitative estimate of drug-likeness (QED) is 0.768. The van der Waals surface area contributed by atoms with Gasteiger partial charge in [0, 0.05) is 37.6 Å². The highest BCUT2D eigenvalue weighted by Gasteiger charge is 2.25. The normalized spacial score (nSPS) is 14.5. The zero-order valence-corrected chi connectivity index (χ0v) is 14.7. The molecule has 1 aromatic rings. The number of carbonyl (C=O) groups excluding carboxylic acids is 2. The van der Waals surface area contributed by atoms with E-state index in [0.29, 0.717) is 42.6 Å². The molecule has 1 aliphatic heterocycles. The third-order valence-electron chi connectivity index (χ3n) is 3.65. The number of aryl methyl sites for hydroxylation is 1. The number of benzene rings is 1. The molecule has 1 aliphatic rings. The third kappa shape index (κ3) is 4.79. The van der Waals surface area contributed by atoms with Crippen LogP contribution >= 0.6 is 11.6 Å². The molecule has 1 N–H and O–H groups in total. The second-order valence-corrected chi connectivity index (χ2v) is 5.90. The van der Waals surface area contributed by atoms with Crippen LogP contribution < -0.4 is 10.3 Å². The second-order valence-electron chi connectivity index (χ2n) is 5.49. The first-order chi connectivity index (χ1) is 11.5. The van der Waals surface area contributed by atoms with Crippen molar-refractivity contribution in [3.63, 3.8) is 0 Å². The summed E-state index contributed by atoms with van der Waals surface area (Å²) in [5.41, 5.74) is 1.83. The lowest BCUT2D eigenvalue weighted by atomic mass is 10.1. The molecule has 130 valence electrons. The van der Waals surface area contributed by atoms with Crippen LogP contribution in [-0.4, -0.2) is 37.3 Å². The molecule has 0 radical (unpaired) electrons. The molecule has 0 aliphatic carbocycles. The van der Waals surface area contributed by atoms with Crippen molar-refractivity contribution in [3.8, 4) is 0 Å². The Morgan fingerprint density at radius 2 is 2.21 bits per heavy atom. The van der Waals surface area contributed by atoms with Gasteiger partial charge in [0.25, 0.3) is 5.91 Å². The van der Waals surface area contributed by atoms with Gasteiger partial charge in [-0.05, 0) is 38.0 Å². The predicted molar refractivity (Wildman–Crippen MR) is 94.5 cm³/mol. The Morgan fingerprint density at radius 3 is 2.92 bits per heavy atom. The van der Waals surface area contributed by atoms with Gasteiger partial charge in [-0.3, -0.25) is 9.59 Å². The summed E-state index contributed by atoms with van der Waals surface area (Å²) < 4.78 is 5.22. The Bertz CT molecular complexity index is 646. The Morgan fingerprint density at radius 1 is 1.42 bits per heavy atom. The van der Waals surface area contributed by atoms with Crippen LogP contribution in [0, 0.1) is 6.92 Å². The van der Waals surface area contributed by atoms with Crippen molar-refractivity contribution in [3.05, 3.63) is 28.8 Å². The van der Waals surface area contributed by atoms with Gasteiger partial charge in [0.15, 0.2) is 0 Å². The van der Waals surface area contributed by atoms with Crippen LogP contribution in [0.2, 0.25) is 5.02 Å². The highest BCUT2D eigenvalue weighted by Crippen LogP contribution is 2.25. The van der Waals surface area contributed by atoms with E-state index in [9.17, 15) is 9.59 Å². The molecule has 0 spiro atoms. The van der Waals surface area contributed by atoms with Crippen LogP contribution in [0.3, 0.4) is 0 Å². The Balaban J connectivity index is 2.04. The summed E-state index contributed by atoms with van der Waals surface area (Å²) in [7, 11) is 0. The zero-order chi connectivity index (χ0) is 17.5. The van der Waals surface area contributed by atoms with E-state index in [1.54, 1.807) is 12.1 Å². The summed E-state index contributed by atoms with van der Waals surface area (Å²) in [6.07, 6.45) is 1.33. The van der Waals surface area contributed by atoms with Crippen molar-refractivity contribution >= 4 is 34.8 Å². The fraction of sp³-hybridized carbons (Fsp3) is 0.471. The van der Waals surface area contributed by atoms with E-state index in [1.807, 2.05) is 19.9 Å². The molecule has 0 saturated heterocycles. The van der Waals surface area contributed by atoms with Crippen LogP contribution in [0.25, 0.3) is 0 Å². The summed E-state index contributed by atoms with van der Waals surface area (Å²) in [5, 5.41) is 8.83. The molecule has 0 unspecified atom stereocenters. The largest absolute Gasteiger partial charge is 0.382 e. The van der Waals surface area contributed by atoms with Crippen molar-refractivity contribution in [2.45, 2.75) is 33.1 Å². The van der Waals surface area contributed by atoms with Crippen molar-refractivity contribution in [1.29, 1.82) is 0 Å². The van der Waals surface area contributed by atoms with E-state index in [0.717, 1.165) is 12.0 Å². The van der Waals surface area contributed by atoms with E-state index >= 15 is 0 Å². The molecule has 0 atom stereocenters. The standard InChI is InChI=1S/C17H22ClN3O3/c1-3-24-10-4-9-19-17(23)15-7-8-16(22)21(20-15)13-6-5-12(2)14(18)11-13/h5-6,11H,3-4,7-10H2,1-2H3,(H,19,23). The molecule has 24 heavy (non-hydrogen) atoms. The van der Waals surface area contributed by atoms with E-state index < -0.39 is 0 Å². The molecule has 2 amide bonds. The van der Waals surface area contributed by atoms with Gasteiger partial charge in [-0.25, -0.2) is 5.01 Å². The summed E-state index contributed by atoms with van der Waals surface area (Å²) in [5.74, 6) is -0.398. The number of rotatable bonds is 7. The molecule has 0 aromatic heterocycles. The minimum atomic E-state index is -0.248. The summed E-state index contributed by atoms with van der Waals surface area (Å²) in [6, 6.07) is 5.27. The number of halogens is 1. The van der Waals surface area contributed by atoms with Gasteiger partial charge >= 0.3 is 0 Å². The van der Waals surface area contributed by atoms with Gasteiger partial charge in [-0.15, -0.1) is 0 Å². The fourth-order valence-electron chi connectivity index (χ4n) is 2.25. The highest BCUT2D eigenvalue weighted by molar-refractivity contribution is 6.40. The molecular weight excluding hydrogens is 330 g/mol. The monoisotopic (exact) mass is 351 g/mol. The lowest BCUT2D eigenvalue weighted by molar-refractivity contribution is -0.118. The maximum atomic E-state index is 12.2. The van der Waals surface area contributed by atoms with Crippen molar-refractivity contribution in [2.24, 2.45) is 5.10 Å². The number of carbonyl (C=O) groups is 2. The van der Waals surface area contributed by atoms with E-state index in [1.165, 1.54) is 5.01 Å². The third-order valence-corrected chi connectivity index (χ3v) is 4.06. The van der Waals surface area contributed by atoms with E-state index in [-0.39, 0.29) is 18.2 Å². The first-order valence-electron chi connectivity index (χ1n) is 8.05. The number of anilines is 1. The first kappa shape index (κ1) is 18.4. The van der Waals surface area contributed by atoms with Gasteiger partial charge in [0.1, 0.15) is 5.71 Å².